The van der Waals surface area contributed by atoms with Crippen LogP contribution in [0.3, 0.4) is 0 Å². The van der Waals surface area contributed by atoms with E-state index < -0.39 is 12.0 Å². The molecule has 0 aromatic heterocycles. The number of likely N-dealkylation sites (N-methyl/N-ethyl adjacent to an activating group) is 1. The molecule has 1 fully saturated rings. The fourth-order valence-corrected chi connectivity index (χ4v) is 2.81. The third kappa shape index (κ3) is 3.22. The number of nitrogens with zero attached hydrogens (tertiary/aromatic N) is 1. The molecule has 20 heavy (non-hydrogen) atoms. The van der Waals surface area contributed by atoms with Crippen molar-refractivity contribution in [2.24, 2.45) is 5.92 Å². The number of para-hydroxylation sites is 2. The molecule has 2 unspecified atom stereocenters. The summed E-state index contributed by atoms with van der Waals surface area (Å²) >= 11 is 0. The van der Waals surface area contributed by atoms with Gasteiger partial charge in [-0.05, 0) is 37.9 Å². The van der Waals surface area contributed by atoms with Crippen LogP contribution in [0.15, 0.2) is 24.3 Å². The molecule has 2 atom stereocenters. The highest BCUT2D eigenvalue weighted by Crippen LogP contribution is 2.33. The molecular formula is C15H22N2O3. The van der Waals surface area contributed by atoms with Crippen LogP contribution in [0.2, 0.25) is 0 Å². The van der Waals surface area contributed by atoms with Crippen molar-refractivity contribution < 1.29 is 14.6 Å². The number of carboxylic acid groups (broad SMARTS) is 1. The molecule has 0 saturated carbocycles. The highest BCUT2D eigenvalue weighted by atomic mass is 16.5. The zero-order chi connectivity index (χ0) is 14.5. The molecular weight excluding hydrogens is 256 g/mol. The van der Waals surface area contributed by atoms with Crippen molar-refractivity contribution in [1.29, 1.82) is 0 Å². The first-order valence-corrected chi connectivity index (χ1v) is 6.93. The van der Waals surface area contributed by atoms with Gasteiger partial charge in [0.1, 0.15) is 11.8 Å². The van der Waals surface area contributed by atoms with Crippen LogP contribution in [0, 0.1) is 5.92 Å². The van der Waals surface area contributed by atoms with Crippen molar-refractivity contribution in [3.63, 3.8) is 0 Å². The summed E-state index contributed by atoms with van der Waals surface area (Å²) in [5, 5.41) is 12.0. The molecule has 5 heteroatoms. The van der Waals surface area contributed by atoms with E-state index in [9.17, 15) is 4.79 Å². The summed E-state index contributed by atoms with van der Waals surface area (Å²) in [5.74, 6) is 0.494. The summed E-state index contributed by atoms with van der Waals surface area (Å²) in [7, 11) is 3.37. The van der Waals surface area contributed by atoms with Crippen LogP contribution < -0.4 is 15.0 Å². The van der Waals surface area contributed by atoms with Crippen molar-refractivity contribution in [3.05, 3.63) is 24.3 Å². The van der Waals surface area contributed by atoms with Gasteiger partial charge in [-0.3, -0.25) is 4.79 Å². The molecule has 1 aliphatic rings. The first-order chi connectivity index (χ1) is 9.65. The normalized spacial score (nSPS) is 19.9. The number of hydrogen-bond acceptors (Lipinski definition) is 4. The molecule has 0 bridgehead atoms. The van der Waals surface area contributed by atoms with Crippen molar-refractivity contribution in [1.82, 2.24) is 5.32 Å². The monoisotopic (exact) mass is 278 g/mol. The molecule has 2 rings (SSSR count). The van der Waals surface area contributed by atoms with Crippen LogP contribution in [0.25, 0.3) is 0 Å². The van der Waals surface area contributed by atoms with Gasteiger partial charge >= 0.3 is 5.97 Å². The second-order valence-electron chi connectivity index (χ2n) is 5.19. The number of benzene rings is 1. The van der Waals surface area contributed by atoms with Crippen molar-refractivity contribution in [3.8, 4) is 5.75 Å². The zero-order valence-electron chi connectivity index (χ0n) is 12.0. The average molecular weight is 278 g/mol. The van der Waals surface area contributed by atoms with Gasteiger partial charge in [0.05, 0.1) is 12.8 Å². The molecule has 0 amide bonds. The number of nitrogens with one attached hydrogen (secondary N) is 1. The van der Waals surface area contributed by atoms with Crippen LogP contribution in [0.5, 0.6) is 5.75 Å². The summed E-state index contributed by atoms with van der Waals surface area (Å²) < 4.78 is 5.39. The van der Waals surface area contributed by atoms with Crippen LogP contribution in [-0.2, 0) is 4.79 Å². The molecule has 1 aliphatic heterocycles. The Morgan fingerprint density at radius 2 is 2.30 bits per heavy atom. The molecule has 2 N–H and O–H groups in total. The second kappa shape index (κ2) is 6.61. The van der Waals surface area contributed by atoms with E-state index in [-0.39, 0.29) is 0 Å². The largest absolute Gasteiger partial charge is 0.495 e. The van der Waals surface area contributed by atoms with Gasteiger partial charge in [-0.1, -0.05) is 12.1 Å². The van der Waals surface area contributed by atoms with Crippen molar-refractivity contribution in [2.75, 3.05) is 32.1 Å². The number of anilines is 1. The Labute approximate surface area is 119 Å². The lowest BCUT2D eigenvalue weighted by Gasteiger charge is -2.22. The van der Waals surface area contributed by atoms with E-state index in [0.29, 0.717) is 12.3 Å². The number of carbonyl (C=O) groups is 1. The molecule has 0 spiro atoms. The number of aliphatic carboxylic acids is 1. The van der Waals surface area contributed by atoms with Gasteiger partial charge < -0.3 is 20.1 Å². The predicted molar refractivity (Wildman–Crippen MR) is 78.4 cm³/mol. The molecule has 1 saturated heterocycles. The maximum atomic E-state index is 11.1. The quantitative estimate of drug-likeness (QED) is 0.827. The fourth-order valence-electron chi connectivity index (χ4n) is 2.81. The standard InChI is InChI=1S/C15H22N2O3/c1-16-12(15(18)19)9-11-7-8-17(10-11)13-5-3-4-6-14(13)20-2/h3-6,11-12,16H,7-10H2,1-2H3,(H,18,19). The van der Waals surface area contributed by atoms with Gasteiger partial charge in [-0.15, -0.1) is 0 Å². The van der Waals surface area contributed by atoms with E-state index in [2.05, 4.69) is 10.2 Å². The van der Waals surface area contributed by atoms with Gasteiger partial charge in [-0.25, -0.2) is 0 Å². The lowest BCUT2D eigenvalue weighted by atomic mass is 9.99. The third-order valence-corrected chi connectivity index (χ3v) is 3.93. The van der Waals surface area contributed by atoms with Crippen LogP contribution in [-0.4, -0.2) is 44.4 Å². The van der Waals surface area contributed by atoms with Crippen LogP contribution >= 0.6 is 0 Å². The van der Waals surface area contributed by atoms with Gasteiger partial charge in [-0.2, -0.15) is 0 Å². The Balaban J connectivity index is 2.00. The Morgan fingerprint density at radius 1 is 1.55 bits per heavy atom. The molecule has 0 radical (unpaired) electrons. The minimum atomic E-state index is -0.775. The lowest BCUT2D eigenvalue weighted by Crippen LogP contribution is -2.36. The van der Waals surface area contributed by atoms with E-state index in [4.69, 9.17) is 9.84 Å². The zero-order valence-corrected chi connectivity index (χ0v) is 12.0. The van der Waals surface area contributed by atoms with E-state index in [0.717, 1.165) is 30.9 Å². The Bertz CT molecular complexity index is 464. The average Bonchev–Trinajstić information content (AvgIpc) is 2.92. The molecule has 1 aromatic carbocycles. The van der Waals surface area contributed by atoms with Gasteiger partial charge in [0.25, 0.3) is 0 Å². The summed E-state index contributed by atoms with van der Waals surface area (Å²) in [5.41, 5.74) is 1.09. The van der Waals surface area contributed by atoms with Crippen molar-refractivity contribution in [2.45, 2.75) is 18.9 Å². The minimum Gasteiger partial charge on any atom is -0.495 e. The van der Waals surface area contributed by atoms with E-state index in [1.54, 1.807) is 14.2 Å². The number of ether oxygens (including phenoxy) is 1. The van der Waals surface area contributed by atoms with Crippen LogP contribution in [0.1, 0.15) is 12.8 Å². The van der Waals surface area contributed by atoms with E-state index >= 15 is 0 Å². The molecule has 110 valence electrons. The Hall–Kier alpha value is -1.75. The van der Waals surface area contributed by atoms with E-state index in [1.165, 1.54) is 0 Å². The Kier molecular flexibility index (Phi) is 4.84. The first kappa shape index (κ1) is 14.7. The molecule has 1 heterocycles. The topological polar surface area (TPSA) is 61.8 Å². The molecule has 1 aromatic rings. The molecule has 0 aliphatic carbocycles. The van der Waals surface area contributed by atoms with Crippen molar-refractivity contribution >= 4 is 11.7 Å². The summed E-state index contributed by atoms with van der Waals surface area (Å²) in [4.78, 5) is 13.3. The maximum Gasteiger partial charge on any atom is 0.320 e. The summed E-state index contributed by atoms with van der Waals surface area (Å²) in [6, 6.07) is 7.50. The summed E-state index contributed by atoms with van der Waals surface area (Å²) in [6.07, 6.45) is 1.68. The Morgan fingerprint density at radius 3 is 2.95 bits per heavy atom. The number of carboxylic acids is 1. The van der Waals surface area contributed by atoms with Crippen LogP contribution in [0.4, 0.5) is 5.69 Å². The second-order valence-corrected chi connectivity index (χ2v) is 5.19. The highest BCUT2D eigenvalue weighted by molar-refractivity contribution is 5.73. The fraction of sp³-hybridized carbons (Fsp3) is 0.533. The van der Waals surface area contributed by atoms with Gasteiger partial charge in [0.15, 0.2) is 0 Å². The minimum absolute atomic E-state index is 0.397. The summed E-state index contributed by atoms with van der Waals surface area (Å²) in [6.45, 7) is 1.83. The van der Waals surface area contributed by atoms with Gasteiger partial charge in [0.2, 0.25) is 0 Å². The maximum absolute atomic E-state index is 11.1. The van der Waals surface area contributed by atoms with Gasteiger partial charge in [0, 0.05) is 13.1 Å². The predicted octanol–water partition coefficient (Wildman–Crippen LogP) is 1.58. The lowest BCUT2D eigenvalue weighted by molar-refractivity contribution is -0.139. The first-order valence-electron chi connectivity index (χ1n) is 6.93. The SMILES string of the molecule is CNC(CC1CCN(c2ccccc2OC)C1)C(=O)O. The smallest absolute Gasteiger partial charge is 0.320 e. The highest BCUT2D eigenvalue weighted by Gasteiger charge is 2.28. The number of hydrogen-bond donors (Lipinski definition) is 2. The molecule has 5 nitrogen and oxygen atoms in total. The van der Waals surface area contributed by atoms with E-state index in [1.807, 2.05) is 24.3 Å². The number of rotatable bonds is 6. The number of methoxy groups -OCH3 is 1. The third-order valence-electron chi connectivity index (χ3n) is 3.93.